The summed E-state index contributed by atoms with van der Waals surface area (Å²) in [7, 11) is -6.73. The van der Waals surface area contributed by atoms with Crippen molar-refractivity contribution in [2.24, 2.45) is 0 Å². The molecule has 6 rings (SSSR count). The Bertz CT molecular complexity index is 2060. The summed E-state index contributed by atoms with van der Waals surface area (Å²) in [6, 6.07) is 21.5. The van der Waals surface area contributed by atoms with Crippen LogP contribution in [0.3, 0.4) is 0 Å². The summed E-state index contributed by atoms with van der Waals surface area (Å²) < 4.78 is 50.5. The molecule has 2 saturated heterocycles. The molecule has 0 saturated carbocycles. The summed E-state index contributed by atoms with van der Waals surface area (Å²) in [5.41, 5.74) is 1.42. The van der Waals surface area contributed by atoms with Crippen LogP contribution in [0, 0.1) is 5.82 Å². The van der Waals surface area contributed by atoms with Crippen LogP contribution in [0.5, 0.6) is 5.75 Å². The largest absolute Gasteiger partial charge is 0.479 e. The molecule has 0 aliphatic carbocycles. The van der Waals surface area contributed by atoms with E-state index >= 15 is 0 Å². The van der Waals surface area contributed by atoms with Crippen LogP contribution < -0.4 is 14.9 Å². The molecule has 2 heterocycles. The summed E-state index contributed by atoms with van der Waals surface area (Å²) in [6.45, 7) is 0. The predicted molar refractivity (Wildman–Crippen MR) is 183 cm³/mol. The first kappa shape index (κ1) is 37.1. The van der Waals surface area contributed by atoms with E-state index in [0.29, 0.717) is 16.8 Å². The molecule has 52 heavy (non-hydrogen) atoms. The first-order valence-electron chi connectivity index (χ1n) is 15.6. The zero-order valence-electron chi connectivity index (χ0n) is 26.7. The van der Waals surface area contributed by atoms with Crippen molar-refractivity contribution in [1.29, 1.82) is 0 Å². The van der Waals surface area contributed by atoms with Crippen LogP contribution in [-0.4, -0.2) is 93.8 Å². The number of halogens is 1. The van der Waals surface area contributed by atoms with Gasteiger partial charge in [-0.1, -0.05) is 42.5 Å². The number of aliphatic hydroxyl groups is 3. The third-order valence-electron chi connectivity index (χ3n) is 8.73. The minimum Gasteiger partial charge on any atom is -0.479 e. The molecular formula is C35H31FNO13PS. The molecule has 2 fully saturated rings. The Kier molecular flexibility index (Phi) is 10.5. The Balaban J connectivity index is 1.43. The van der Waals surface area contributed by atoms with Gasteiger partial charge in [-0.25, -0.2) is 9.18 Å². The van der Waals surface area contributed by atoms with Crippen LogP contribution in [0.2, 0.25) is 0 Å². The van der Waals surface area contributed by atoms with Gasteiger partial charge in [0.05, 0.1) is 17.1 Å². The summed E-state index contributed by atoms with van der Waals surface area (Å²) in [5, 5.41) is 39.5. The Labute approximate surface area is 297 Å². The molecule has 0 bridgehead atoms. The number of carbonyl (C=O) groups excluding carboxylic acids is 2. The van der Waals surface area contributed by atoms with E-state index in [0.717, 1.165) is 12.1 Å². The maximum Gasteiger partial charge on any atom is 0.356 e. The van der Waals surface area contributed by atoms with E-state index in [-0.39, 0.29) is 22.2 Å². The Morgan fingerprint density at radius 1 is 0.865 bits per heavy atom. The number of para-hydroxylation sites is 1. The van der Waals surface area contributed by atoms with Gasteiger partial charge in [-0.15, -0.1) is 0 Å². The number of ketones is 1. The second-order valence-corrected chi connectivity index (χ2v) is 15.2. The van der Waals surface area contributed by atoms with Gasteiger partial charge in [-0.3, -0.25) is 18.4 Å². The fourth-order valence-corrected chi connectivity index (χ4v) is 8.05. The molecule has 4 aromatic carbocycles. The molecule has 2 aliphatic rings. The number of Topliss-reactive ketones (excluding diaryl/α,β-unsaturated/α-hetero) is 1. The molecule has 4 aromatic rings. The maximum atomic E-state index is 13.9. The Morgan fingerprint density at radius 2 is 1.50 bits per heavy atom. The number of nitrogens with zero attached hydrogens (tertiary/aromatic N) is 1. The van der Waals surface area contributed by atoms with Gasteiger partial charge in [0, 0.05) is 27.6 Å². The van der Waals surface area contributed by atoms with Crippen LogP contribution >= 0.6 is 7.60 Å². The van der Waals surface area contributed by atoms with Gasteiger partial charge in [-0.05, 0) is 65.7 Å². The van der Waals surface area contributed by atoms with Crippen molar-refractivity contribution >= 4 is 47.0 Å². The van der Waals surface area contributed by atoms with Crippen molar-refractivity contribution in [3.63, 3.8) is 0 Å². The molecule has 6 N–H and O–H groups in total. The van der Waals surface area contributed by atoms with Gasteiger partial charge in [-0.2, -0.15) is 0 Å². The van der Waals surface area contributed by atoms with Crippen molar-refractivity contribution in [2.45, 2.75) is 42.0 Å². The molecule has 0 aromatic heterocycles. The molecule has 2 aliphatic heterocycles. The van der Waals surface area contributed by atoms with E-state index in [1.807, 2.05) is 0 Å². The normalized spacial score (nSPS) is 25.2. The zero-order valence-corrected chi connectivity index (χ0v) is 28.4. The molecule has 8 atom stereocenters. The lowest BCUT2D eigenvalue weighted by atomic mass is 9.90. The second-order valence-electron chi connectivity index (χ2n) is 12.1. The smallest absolute Gasteiger partial charge is 0.356 e. The van der Waals surface area contributed by atoms with Crippen molar-refractivity contribution in [3.05, 3.63) is 114 Å². The lowest BCUT2D eigenvalue weighted by Gasteiger charge is -2.47. The number of rotatable bonds is 11. The van der Waals surface area contributed by atoms with Gasteiger partial charge >= 0.3 is 13.6 Å². The van der Waals surface area contributed by atoms with Crippen LogP contribution in [-0.2, 0) is 29.7 Å². The zero-order chi connectivity index (χ0) is 37.5. The average Bonchev–Trinajstić information content (AvgIpc) is 3.11. The molecule has 0 radical (unpaired) electrons. The van der Waals surface area contributed by atoms with Crippen molar-refractivity contribution < 1.29 is 67.2 Å². The molecule has 272 valence electrons. The van der Waals surface area contributed by atoms with E-state index in [4.69, 9.17) is 9.47 Å². The number of carboxylic acids is 1. The monoisotopic (exact) mass is 755 g/mol. The molecule has 17 heteroatoms. The molecule has 14 nitrogen and oxygen atoms in total. The Hall–Kier alpha value is -4.64. The lowest BCUT2D eigenvalue weighted by molar-refractivity contribution is -0.271. The van der Waals surface area contributed by atoms with Crippen LogP contribution in [0.4, 0.5) is 10.1 Å². The van der Waals surface area contributed by atoms with Gasteiger partial charge in [0.2, 0.25) is 12.2 Å². The fourth-order valence-electron chi connectivity index (χ4n) is 6.02. The highest BCUT2D eigenvalue weighted by atomic mass is 32.2. The SMILES string of the molecule is O=C(CS(=O)[C@H]1C(=O)N(c2ccccc2)[C@@H]1c1ccc(-c2ccc(P(=O)(O)O)cc2)cc1O[C@@H]1OC(C(=O)O)C(O)[C@H](O)C1O)c1ccc(F)cc1. The minimum absolute atomic E-state index is 0.0771. The number of ether oxygens (including phenoxy) is 2. The summed E-state index contributed by atoms with van der Waals surface area (Å²) in [5.74, 6) is -4.22. The van der Waals surface area contributed by atoms with E-state index in [2.05, 4.69) is 0 Å². The molecule has 1 amide bonds. The lowest BCUT2D eigenvalue weighted by Crippen LogP contribution is -2.62. The summed E-state index contributed by atoms with van der Waals surface area (Å²) >= 11 is 0. The number of hydrogen-bond donors (Lipinski definition) is 6. The number of β-lactam (4-membered cyclic amide) rings is 1. The average molecular weight is 756 g/mol. The van der Waals surface area contributed by atoms with E-state index in [1.165, 1.54) is 53.4 Å². The standard InChI is InChI=1S/C35H31FNO13PS/c36-21-11-6-19(7-12-21)25(38)17-52(48)32-27(37(33(32)42)22-4-2-1-3-5-22)24-15-10-20(18-8-13-23(14-9-18)51(45,46)47)16-26(24)49-35-30(41)28(39)29(40)31(50-35)34(43)44/h1-16,27-32,35,39-41H,17H2,(H,43,44)(H2,45,46,47)/t27-,28+,29?,30?,31?,32-,35-,52?/m1/s1. The quantitative estimate of drug-likeness (QED) is 0.0728. The Morgan fingerprint density at radius 3 is 2.12 bits per heavy atom. The molecule has 0 spiro atoms. The van der Waals surface area contributed by atoms with Crippen molar-refractivity contribution in [3.8, 4) is 16.9 Å². The number of anilines is 1. The van der Waals surface area contributed by atoms with Crippen LogP contribution in [0.15, 0.2) is 97.1 Å². The highest BCUT2D eigenvalue weighted by molar-refractivity contribution is 7.87. The number of hydrogen-bond acceptors (Lipinski definition) is 10. The molecular weight excluding hydrogens is 724 g/mol. The van der Waals surface area contributed by atoms with Crippen molar-refractivity contribution in [1.82, 2.24) is 0 Å². The first-order chi connectivity index (χ1) is 24.6. The number of carboxylic acid groups (broad SMARTS) is 1. The highest BCUT2D eigenvalue weighted by Gasteiger charge is 2.54. The van der Waals surface area contributed by atoms with E-state index in [1.54, 1.807) is 36.4 Å². The first-order valence-corrected chi connectivity index (χ1v) is 18.6. The number of aliphatic hydroxyl groups excluding tert-OH is 3. The number of amides is 1. The van der Waals surface area contributed by atoms with Gasteiger partial charge in [0.15, 0.2) is 11.9 Å². The minimum atomic E-state index is -4.57. The van der Waals surface area contributed by atoms with E-state index < -0.39 is 89.6 Å². The maximum absolute atomic E-state index is 13.9. The van der Waals surface area contributed by atoms with Crippen LogP contribution in [0.25, 0.3) is 11.1 Å². The van der Waals surface area contributed by atoms with Gasteiger partial charge in [0.25, 0.3) is 0 Å². The number of aliphatic carboxylic acids is 1. The predicted octanol–water partition coefficient (Wildman–Crippen LogP) is 1.65. The summed E-state index contributed by atoms with van der Waals surface area (Å²) in [4.78, 5) is 59.1. The van der Waals surface area contributed by atoms with Crippen LogP contribution in [0.1, 0.15) is 22.0 Å². The molecule has 4 unspecified atom stereocenters. The summed E-state index contributed by atoms with van der Waals surface area (Å²) in [6.07, 6.45) is -9.92. The number of carbonyl (C=O) groups is 3. The van der Waals surface area contributed by atoms with Gasteiger partial charge in [0.1, 0.15) is 35.1 Å². The highest BCUT2D eigenvalue weighted by Crippen LogP contribution is 2.46. The van der Waals surface area contributed by atoms with E-state index in [9.17, 15) is 57.8 Å². The second kappa shape index (κ2) is 14.8. The van der Waals surface area contributed by atoms with Gasteiger partial charge < -0.3 is 44.6 Å². The topological polar surface area (TPSA) is 228 Å². The third-order valence-corrected chi connectivity index (χ3v) is 11.3. The third kappa shape index (κ3) is 7.33. The van der Waals surface area contributed by atoms with Crippen molar-refractivity contribution in [2.75, 3.05) is 10.7 Å². The fraction of sp³-hybridized carbons (Fsp3) is 0.229. The number of benzene rings is 4.